The second kappa shape index (κ2) is 9.08. The third-order valence-corrected chi connectivity index (χ3v) is 6.06. The van der Waals surface area contributed by atoms with Crippen LogP contribution in [0.3, 0.4) is 0 Å². The van der Waals surface area contributed by atoms with E-state index in [4.69, 9.17) is 4.74 Å². The summed E-state index contributed by atoms with van der Waals surface area (Å²) in [6.07, 6.45) is 8.67. The van der Waals surface area contributed by atoms with Crippen molar-refractivity contribution in [3.63, 3.8) is 0 Å². The van der Waals surface area contributed by atoms with Gasteiger partial charge in [0.15, 0.2) is 0 Å². The number of aryl methyl sites for hydroxylation is 1. The van der Waals surface area contributed by atoms with E-state index >= 15 is 0 Å². The number of aliphatic hydroxyl groups excluding tert-OH is 2. The van der Waals surface area contributed by atoms with Crippen molar-refractivity contribution in [3.05, 3.63) is 27.6 Å². The van der Waals surface area contributed by atoms with Crippen LogP contribution in [0.5, 0.6) is 0 Å². The van der Waals surface area contributed by atoms with Gasteiger partial charge in [-0.1, -0.05) is 39.0 Å². The fraction of sp³-hybridized carbons (Fsp3) is 0.684. The normalized spacial score (nSPS) is 23.1. The molecule has 1 aliphatic heterocycles. The van der Waals surface area contributed by atoms with Crippen molar-refractivity contribution in [3.8, 4) is 0 Å². The monoisotopic (exact) mass is 380 g/mol. The molecular weight excluding hydrogens is 352 g/mol. The number of nitrogens with zero attached hydrogens (tertiary/aromatic N) is 2. The molecule has 0 radical (unpaired) electrons. The van der Waals surface area contributed by atoms with Gasteiger partial charge >= 0.3 is 5.69 Å². The van der Waals surface area contributed by atoms with Crippen LogP contribution in [0.25, 0.3) is 10.2 Å². The summed E-state index contributed by atoms with van der Waals surface area (Å²) in [6, 6.07) is 2.10. The molecule has 26 heavy (non-hydrogen) atoms. The molecule has 3 heterocycles. The first-order chi connectivity index (χ1) is 12.6. The van der Waals surface area contributed by atoms with E-state index < -0.39 is 18.4 Å². The largest absolute Gasteiger partial charge is 0.394 e. The Balaban J connectivity index is 1.66. The first-order valence-corrected chi connectivity index (χ1v) is 10.4. The summed E-state index contributed by atoms with van der Waals surface area (Å²) in [5.74, 6) is 0. The van der Waals surface area contributed by atoms with Gasteiger partial charge in [0.25, 0.3) is 0 Å². The van der Waals surface area contributed by atoms with Crippen molar-refractivity contribution in [2.75, 3.05) is 6.61 Å². The average Bonchev–Trinajstić information content (AvgIpc) is 3.19. The third kappa shape index (κ3) is 4.52. The van der Waals surface area contributed by atoms with Crippen LogP contribution in [0.15, 0.2) is 17.1 Å². The molecule has 3 rings (SSSR count). The van der Waals surface area contributed by atoms with Crippen LogP contribution in [-0.2, 0) is 11.2 Å². The van der Waals surface area contributed by atoms with Gasteiger partial charge in [-0.05, 0) is 18.9 Å². The zero-order valence-corrected chi connectivity index (χ0v) is 16.1. The molecule has 0 saturated carbocycles. The van der Waals surface area contributed by atoms with Crippen molar-refractivity contribution >= 4 is 21.6 Å². The van der Waals surface area contributed by atoms with Crippen molar-refractivity contribution in [1.82, 2.24) is 9.55 Å². The number of hydrogen-bond acceptors (Lipinski definition) is 6. The molecule has 2 N–H and O–H groups in total. The van der Waals surface area contributed by atoms with Crippen molar-refractivity contribution in [2.45, 2.75) is 76.7 Å². The van der Waals surface area contributed by atoms with E-state index in [-0.39, 0.29) is 18.7 Å². The van der Waals surface area contributed by atoms with Gasteiger partial charge in [0.2, 0.25) is 0 Å². The highest BCUT2D eigenvalue weighted by molar-refractivity contribution is 7.18. The number of unbranched alkanes of at least 4 members (excludes halogenated alkanes) is 5. The van der Waals surface area contributed by atoms with Crippen LogP contribution >= 0.6 is 11.3 Å². The fourth-order valence-corrected chi connectivity index (χ4v) is 4.47. The molecule has 0 amide bonds. The van der Waals surface area contributed by atoms with Crippen LogP contribution < -0.4 is 5.69 Å². The summed E-state index contributed by atoms with van der Waals surface area (Å²) < 4.78 is 7.02. The molecule has 144 valence electrons. The number of ether oxygens (including phenoxy) is 1. The van der Waals surface area contributed by atoms with E-state index in [1.165, 1.54) is 41.5 Å². The third-order valence-electron chi connectivity index (χ3n) is 4.96. The molecule has 0 aromatic carbocycles. The maximum atomic E-state index is 12.3. The van der Waals surface area contributed by atoms with Gasteiger partial charge in [-0.3, -0.25) is 4.57 Å². The van der Waals surface area contributed by atoms with Crippen LogP contribution in [0.2, 0.25) is 0 Å². The number of aliphatic hydroxyl groups is 2. The van der Waals surface area contributed by atoms with Gasteiger partial charge < -0.3 is 14.9 Å². The number of rotatable bonds is 9. The highest BCUT2D eigenvalue weighted by Crippen LogP contribution is 2.30. The second-order valence-corrected chi connectivity index (χ2v) is 8.15. The molecule has 0 bridgehead atoms. The van der Waals surface area contributed by atoms with Crippen LogP contribution in [0.1, 0.15) is 63.0 Å². The number of aromatic nitrogens is 2. The minimum Gasteiger partial charge on any atom is -0.394 e. The predicted octanol–water partition coefficient (Wildman–Crippen LogP) is 3.00. The molecule has 1 aliphatic rings. The van der Waals surface area contributed by atoms with Gasteiger partial charge in [0, 0.05) is 22.9 Å². The van der Waals surface area contributed by atoms with E-state index in [0.29, 0.717) is 0 Å². The van der Waals surface area contributed by atoms with E-state index in [1.54, 1.807) is 17.5 Å². The molecular formula is C19H28N2O4S. The lowest BCUT2D eigenvalue weighted by molar-refractivity contribution is -0.0457. The molecule has 2 aromatic heterocycles. The van der Waals surface area contributed by atoms with Gasteiger partial charge in [0.1, 0.15) is 17.2 Å². The highest BCUT2D eigenvalue weighted by Gasteiger charge is 2.35. The van der Waals surface area contributed by atoms with Gasteiger partial charge in [-0.15, -0.1) is 11.3 Å². The van der Waals surface area contributed by atoms with Crippen molar-refractivity contribution < 1.29 is 14.9 Å². The van der Waals surface area contributed by atoms with E-state index in [1.807, 2.05) is 0 Å². The maximum Gasteiger partial charge on any atom is 0.351 e. The van der Waals surface area contributed by atoms with Gasteiger partial charge in [-0.2, -0.15) is 4.98 Å². The minimum atomic E-state index is -0.765. The maximum absolute atomic E-state index is 12.3. The zero-order valence-electron chi connectivity index (χ0n) is 15.3. The second-order valence-electron chi connectivity index (χ2n) is 7.04. The molecule has 0 spiro atoms. The van der Waals surface area contributed by atoms with E-state index in [0.717, 1.165) is 23.1 Å². The molecule has 1 saturated heterocycles. The Morgan fingerprint density at radius 3 is 2.81 bits per heavy atom. The zero-order chi connectivity index (χ0) is 18.5. The summed E-state index contributed by atoms with van der Waals surface area (Å²) in [5.41, 5.74) is -0.374. The van der Waals surface area contributed by atoms with E-state index in [2.05, 4.69) is 18.0 Å². The minimum absolute atomic E-state index is 0.261. The van der Waals surface area contributed by atoms with Gasteiger partial charge in [-0.25, -0.2) is 4.79 Å². The Hall–Kier alpha value is -1.28. The molecule has 7 heteroatoms. The SMILES string of the molecule is CCCCCCCCc1cc2cn([C@H]3C[C@H](O)[C@@H](CO)O3)c(=O)nc2s1. The van der Waals surface area contributed by atoms with Crippen LogP contribution in [0, 0.1) is 0 Å². The molecule has 3 atom stereocenters. The summed E-state index contributed by atoms with van der Waals surface area (Å²) in [6.45, 7) is 1.96. The molecule has 2 aromatic rings. The lowest BCUT2D eigenvalue weighted by atomic mass is 10.1. The van der Waals surface area contributed by atoms with Crippen molar-refractivity contribution in [1.29, 1.82) is 0 Å². The Labute approximate surface area is 157 Å². The molecule has 1 fully saturated rings. The van der Waals surface area contributed by atoms with E-state index in [9.17, 15) is 15.0 Å². The summed E-state index contributed by atoms with van der Waals surface area (Å²) in [7, 11) is 0. The fourth-order valence-electron chi connectivity index (χ4n) is 3.44. The summed E-state index contributed by atoms with van der Waals surface area (Å²) in [4.78, 5) is 18.5. The number of hydrogen-bond donors (Lipinski definition) is 2. The lowest BCUT2D eigenvalue weighted by Crippen LogP contribution is -2.27. The summed E-state index contributed by atoms with van der Waals surface area (Å²) in [5, 5.41) is 20.0. The van der Waals surface area contributed by atoms with Crippen LogP contribution in [0.4, 0.5) is 0 Å². The Kier molecular flexibility index (Phi) is 6.80. The topological polar surface area (TPSA) is 84.6 Å². The smallest absolute Gasteiger partial charge is 0.351 e. The Morgan fingerprint density at radius 2 is 2.08 bits per heavy atom. The molecule has 0 unspecified atom stereocenters. The quantitative estimate of drug-likeness (QED) is 0.653. The van der Waals surface area contributed by atoms with Crippen LogP contribution in [-0.4, -0.2) is 38.6 Å². The Bertz CT molecular complexity index is 772. The lowest BCUT2D eigenvalue weighted by Gasteiger charge is -2.14. The summed E-state index contributed by atoms with van der Waals surface area (Å²) >= 11 is 1.58. The van der Waals surface area contributed by atoms with Crippen molar-refractivity contribution in [2.24, 2.45) is 0 Å². The molecule has 0 aliphatic carbocycles. The Morgan fingerprint density at radius 1 is 1.31 bits per heavy atom. The molecule has 6 nitrogen and oxygen atoms in total. The number of fused-ring (bicyclic) bond motifs is 1. The standard InChI is InChI=1S/C19H28N2O4S/c1-2-3-4-5-6-7-8-14-9-13-11-21(19(24)20-18(13)26-14)17-10-15(23)16(12-22)25-17/h9,11,15-17,22-23H,2-8,10,12H2,1H3/t15-,16+,17+/m0/s1. The first-order valence-electron chi connectivity index (χ1n) is 9.58. The highest BCUT2D eigenvalue weighted by atomic mass is 32.1. The predicted molar refractivity (Wildman–Crippen MR) is 103 cm³/mol. The number of thiophene rings is 1. The van der Waals surface area contributed by atoms with Gasteiger partial charge in [0.05, 0.1) is 12.7 Å². The first kappa shape index (κ1) is 19.5. The average molecular weight is 381 g/mol.